The summed E-state index contributed by atoms with van der Waals surface area (Å²) in [5.74, 6) is -0.428. The van der Waals surface area contributed by atoms with Gasteiger partial charge in [-0.25, -0.2) is 4.39 Å². The van der Waals surface area contributed by atoms with E-state index in [1.54, 1.807) is 12.1 Å². The van der Waals surface area contributed by atoms with Crippen molar-refractivity contribution < 1.29 is 9.18 Å². The molecular formula is C16H16FN3O. The van der Waals surface area contributed by atoms with Crippen LogP contribution >= 0.6 is 0 Å². The van der Waals surface area contributed by atoms with Crippen LogP contribution in [-0.4, -0.2) is 17.4 Å². The second kappa shape index (κ2) is 5.54. The molecule has 2 aromatic carbocycles. The summed E-state index contributed by atoms with van der Waals surface area (Å²) in [5.41, 5.74) is 9.48. The number of benzene rings is 2. The molecule has 0 bridgehead atoms. The molecule has 0 atom stereocenters. The maximum absolute atomic E-state index is 12.8. The molecule has 0 aromatic heterocycles. The zero-order chi connectivity index (χ0) is 14.8. The predicted molar refractivity (Wildman–Crippen MR) is 80.0 cm³/mol. The zero-order valence-corrected chi connectivity index (χ0v) is 11.5. The first-order valence-corrected chi connectivity index (χ1v) is 6.75. The van der Waals surface area contributed by atoms with Crippen molar-refractivity contribution in [2.24, 2.45) is 0 Å². The van der Waals surface area contributed by atoms with E-state index in [1.807, 2.05) is 23.1 Å². The van der Waals surface area contributed by atoms with E-state index in [2.05, 4.69) is 5.32 Å². The number of nitrogens with two attached hydrogens (primary N) is 1. The van der Waals surface area contributed by atoms with Gasteiger partial charge in [-0.05, 0) is 47.5 Å². The number of halogens is 1. The summed E-state index contributed by atoms with van der Waals surface area (Å²) >= 11 is 0. The van der Waals surface area contributed by atoms with Crippen molar-refractivity contribution in [1.82, 2.24) is 4.90 Å². The number of nitrogens with zero attached hydrogens (tertiary/aromatic N) is 1. The molecule has 0 radical (unpaired) electrons. The fraction of sp³-hybridized carbons (Fsp3) is 0.188. The lowest BCUT2D eigenvalue weighted by Crippen LogP contribution is -2.29. The molecule has 0 unspecified atom stereocenters. The summed E-state index contributed by atoms with van der Waals surface area (Å²) < 4.78 is 12.8. The van der Waals surface area contributed by atoms with Crippen LogP contribution < -0.4 is 11.1 Å². The minimum absolute atomic E-state index is 0.109. The zero-order valence-electron chi connectivity index (χ0n) is 11.5. The van der Waals surface area contributed by atoms with Crippen LogP contribution in [0.25, 0.3) is 0 Å². The molecule has 3 N–H and O–H groups in total. The van der Waals surface area contributed by atoms with Crippen molar-refractivity contribution in [3.63, 3.8) is 0 Å². The smallest absolute Gasteiger partial charge is 0.238 e. The lowest BCUT2D eigenvalue weighted by molar-refractivity contribution is -0.117. The van der Waals surface area contributed by atoms with Crippen LogP contribution in [0, 0.1) is 5.82 Å². The number of carbonyl (C=O) groups excluding carboxylic acids is 1. The van der Waals surface area contributed by atoms with E-state index in [1.165, 1.54) is 23.3 Å². The van der Waals surface area contributed by atoms with Crippen LogP contribution in [0.5, 0.6) is 0 Å². The van der Waals surface area contributed by atoms with Gasteiger partial charge in [0, 0.05) is 24.5 Å². The molecule has 0 saturated heterocycles. The standard InChI is InChI=1S/C16H16FN3O/c17-13-2-5-15(6-3-13)19-16(21)10-20-8-11-1-4-14(18)7-12(11)9-20/h1-7H,8-10,18H2,(H,19,21). The summed E-state index contributed by atoms with van der Waals surface area (Å²) in [6, 6.07) is 11.6. The first kappa shape index (κ1) is 13.6. The van der Waals surface area contributed by atoms with Gasteiger partial charge in [-0.3, -0.25) is 9.69 Å². The van der Waals surface area contributed by atoms with Crippen molar-refractivity contribution in [2.45, 2.75) is 13.1 Å². The van der Waals surface area contributed by atoms with Crippen molar-refractivity contribution in [3.8, 4) is 0 Å². The van der Waals surface area contributed by atoms with Gasteiger partial charge in [0.15, 0.2) is 0 Å². The maximum atomic E-state index is 12.8. The maximum Gasteiger partial charge on any atom is 0.238 e. The van der Waals surface area contributed by atoms with Gasteiger partial charge in [0.05, 0.1) is 6.54 Å². The van der Waals surface area contributed by atoms with Crippen LogP contribution in [0.4, 0.5) is 15.8 Å². The van der Waals surface area contributed by atoms with Crippen LogP contribution in [0.3, 0.4) is 0 Å². The van der Waals surface area contributed by atoms with Gasteiger partial charge < -0.3 is 11.1 Å². The quantitative estimate of drug-likeness (QED) is 0.851. The number of hydrogen-bond donors (Lipinski definition) is 2. The average molecular weight is 285 g/mol. The van der Waals surface area contributed by atoms with Crippen molar-refractivity contribution in [3.05, 3.63) is 59.4 Å². The van der Waals surface area contributed by atoms with E-state index in [0.717, 1.165) is 18.8 Å². The number of nitrogen functional groups attached to an aromatic ring is 1. The predicted octanol–water partition coefficient (Wildman–Crippen LogP) is 2.36. The van der Waals surface area contributed by atoms with Crippen molar-refractivity contribution in [1.29, 1.82) is 0 Å². The Bertz CT molecular complexity index is 670. The highest BCUT2D eigenvalue weighted by Gasteiger charge is 2.20. The van der Waals surface area contributed by atoms with Crippen LogP contribution in [0.2, 0.25) is 0 Å². The second-order valence-corrected chi connectivity index (χ2v) is 5.23. The highest BCUT2D eigenvalue weighted by atomic mass is 19.1. The Morgan fingerprint density at radius 1 is 1.14 bits per heavy atom. The van der Waals surface area contributed by atoms with E-state index in [-0.39, 0.29) is 11.7 Å². The highest BCUT2D eigenvalue weighted by molar-refractivity contribution is 5.92. The SMILES string of the molecule is Nc1ccc2c(c1)CN(CC(=O)Nc1ccc(F)cc1)C2. The van der Waals surface area contributed by atoms with E-state index < -0.39 is 0 Å². The van der Waals surface area contributed by atoms with Crippen molar-refractivity contribution in [2.75, 3.05) is 17.6 Å². The molecule has 1 heterocycles. The molecule has 1 aliphatic heterocycles. The number of hydrogen-bond acceptors (Lipinski definition) is 3. The number of fused-ring (bicyclic) bond motifs is 1. The fourth-order valence-electron chi connectivity index (χ4n) is 2.53. The Balaban J connectivity index is 1.58. The number of rotatable bonds is 3. The highest BCUT2D eigenvalue weighted by Crippen LogP contribution is 2.24. The molecular weight excluding hydrogens is 269 g/mol. The molecule has 1 aliphatic rings. The topological polar surface area (TPSA) is 58.4 Å². The average Bonchev–Trinajstić information content (AvgIpc) is 2.82. The van der Waals surface area contributed by atoms with Gasteiger partial charge in [-0.1, -0.05) is 6.07 Å². The molecule has 0 fully saturated rings. The number of nitrogens with one attached hydrogen (secondary N) is 1. The Labute approximate surface area is 122 Å². The molecule has 5 heteroatoms. The van der Waals surface area contributed by atoms with Crippen LogP contribution in [0.1, 0.15) is 11.1 Å². The van der Waals surface area contributed by atoms with Crippen molar-refractivity contribution >= 4 is 17.3 Å². The third kappa shape index (κ3) is 3.20. The van der Waals surface area contributed by atoms with Gasteiger partial charge in [0.25, 0.3) is 0 Å². The lowest BCUT2D eigenvalue weighted by atomic mass is 10.1. The van der Waals surface area contributed by atoms with E-state index in [4.69, 9.17) is 5.73 Å². The number of amides is 1. The summed E-state index contributed by atoms with van der Waals surface area (Å²) in [5, 5.41) is 2.76. The summed E-state index contributed by atoms with van der Waals surface area (Å²) in [6.45, 7) is 1.76. The van der Waals surface area contributed by atoms with E-state index >= 15 is 0 Å². The summed E-state index contributed by atoms with van der Waals surface area (Å²) in [6.07, 6.45) is 0. The molecule has 108 valence electrons. The number of anilines is 2. The van der Waals surface area contributed by atoms with Crippen LogP contribution in [-0.2, 0) is 17.9 Å². The van der Waals surface area contributed by atoms with Gasteiger partial charge >= 0.3 is 0 Å². The van der Waals surface area contributed by atoms with Gasteiger partial charge in [-0.15, -0.1) is 0 Å². The second-order valence-electron chi connectivity index (χ2n) is 5.23. The largest absolute Gasteiger partial charge is 0.399 e. The molecule has 21 heavy (non-hydrogen) atoms. The summed E-state index contributed by atoms with van der Waals surface area (Å²) in [4.78, 5) is 14.0. The molecule has 0 aliphatic carbocycles. The molecule has 0 spiro atoms. The van der Waals surface area contributed by atoms with Gasteiger partial charge in [-0.2, -0.15) is 0 Å². The molecule has 2 aromatic rings. The fourth-order valence-corrected chi connectivity index (χ4v) is 2.53. The Morgan fingerprint density at radius 3 is 2.62 bits per heavy atom. The van der Waals surface area contributed by atoms with E-state index in [0.29, 0.717) is 12.2 Å². The molecule has 0 saturated carbocycles. The van der Waals surface area contributed by atoms with Gasteiger partial charge in [0.2, 0.25) is 5.91 Å². The van der Waals surface area contributed by atoms with Gasteiger partial charge in [0.1, 0.15) is 5.82 Å². The first-order valence-electron chi connectivity index (χ1n) is 6.75. The lowest BCUT2D eigenvalue weighted by Gasteiger charge is -2.14. The Kier molecular flexibility index (Phi) is 3.58. The molecule has 1 amide bonds. The first-order chi connectivity index (χ1) is 10.1. The Morgan fingerprint density at radius 2 is 1.86 bits per heavy atom. The molecule has 3 rings (SSSR count). The minimum Gasteiger partial charge on any atom is -0.399 e. The number of carbonyl (C=O) groups is 1. The van der Waals surface area contributed by atoms with E-state index in [9.17, 15) is 9.18 Å². The molecule has 4 nitrogen and oxygen atoms in total. The third-order valence-electron chi connectivity index (χ3n) is 3.51. The Hall–Kier alpha value is -2.40. The third-order valence-corrected chi connectivity index (χ3v) is 3.51. The minimum atomic E-state index is -0.319. The summed E-state index contributed by atoms with van der Waals surface area (Å²) in [7, 11) is 0. The monoisotopic (exact) mass is 285 g/mol. The normalized spacial score (nSPS) is 14.0. The van der Waals surface area contributed by atoms with Crippen LogP contribution in [0.15, 0.2) is 42.5 Å².